The maximum absolute atomic E-state index is 10.9. The largest absolute Gasteiger partial charge is 0.388 e. The van der Waals surface area contributed by atoms with Crippen molar-refractivity contribution in [3.8, 4) is 0 Å². The highest BCUT2D eigenvalue weighted by Crippen LogP contribution is 2.33. The first kappa shape index (κ1) is 11.9. The summed E-state index contributed by atoms with van der Waals surface area (Å²) < 4.78 is 0. The van der Waals surface area contributed by atoms with Crippen LogP contribution in [0.3, 0.4) is 0 Å². The Bertz CT molecular complexity index is 441. The molecule has 0 heterocycles. The van der Waals surface area contributed by atoms with E-state index in [-0.39, 0.29) is 5.69 Å². The molecule has 0 radical (unpaired) electrons. The van der Waals surface area contributed by atoms with Crippen molar-refractivity contribution in [2.75, 3.05) is 11.9 Å². The zero-order valence-corrected chi connectivity index (χ0v) is 9.77. The molecule has 0 atom stereocenters. The van der Waals surface area contributed by atoms with E-state index in [1.165, 1.54) is 6.07 Å². The fourth-order valence-corrected chi connectivity index (χ4v) is 1.96. The van der Waals surface area contributed by atoms with E-state index in [4.69, 9.17) is 0 Å². The molecule has 92 valence electrons. The highest BCUT2D eigenvalue weighted by molar-refractivity contribution is 5.62. The standard InChI is InChI=1S/C12H16N2O3/c1-9-3-4-10(11(7-9)14(16)17)13-8-12(15)5-2-6-12/h3-4,7,13,15H,2,5-6,8H2,1H3. The molecule has 1 saturated carbocycles. The average Bonchev–Trinajstić information content (AvgIpc) is 2.24. The summed E-state index contributed by atoms with van der Waals surface area (Å²) >= 11 is 0. The van der Waals surface area contributed by atoms with Gasteiger partial charge in [-0.2, -0.15) is 0 Å². The number of rotatable bonds is 4. The average molecular weight is 236 g/mol. The summed E-state index contributed by atoms with van der Waals surface area (Å²) in [4.78, 5) is 10.5. The molecule has 0 aromatic heterocycles. The summed E-state index contributed by atoms with van der Waals surface area (Å²) in [5, 5.41) is 23.8. The third-order valence-electron chi connectivity index (χ3n) is 3.24. The summed E-state index contributed by atoms with van der Waals surface area (Å²) in [6.45, 7) is 2.19. The molecule has 0 aliphatic heterocycles. The Kier molecular flexibility index (Phi) is 3.02. The molecule has 1 aromatic carbocycles. The molecule has 17 heavy (non-hydrogen) atoms. The maximum Gasteiger partial charge on any atom is 0.292 e. The molecule has 1 aliphatic rings. The van der Waals surface area contributed by atoms with Crippen molar-refractivity contribution in [2.24, 2.45) is 0 Å². The zero-order valence-electron chi connectivity index (χ0n) is 9.77. The molecule has 0 spiro atoms. The van der Waals surface area contributed by atoms with Gasteiger partial charge in [0.25, 0.3) is 5.69 Å². The van der Waals surface area contributed by atoms with E-state index in [2.05, 4.69) is 5.32 Å². The Morgan fingerprint density at radius 2 is 2.24 bits per heavy atom. The minimum Gasteiger partial charge on any atom is -0.388 e. The predicted octanol–water partition coefficient (Wildman–Crippen LogP) is 2.23. The van der Waals surface area contributed by atoms with Crippen LogP contribution in [0.2, 0.25) is 0 Å². The summed E-state index contributed by atoms with van der Waals surface area (Å²) in [6.07, 6.45) is 2.55. The first-order valence-electron chi connectivity index (χ1n) is 5.71. The van der Waals surface area contributed by atoms with Crippen LogP contribution >= 0.6 is 0 Å². The number of aryl methyl sites for hydroxylation is 1. The fraction of sp³-hybridized carbons (Fsp3) is 0.500. The van der Waals surface area contributed by atoms with Gasteiger partial charge < -0.3 is 10.4 Å². The van der Waals surface area contributed by atoms with Crippen LogP contribution in [-0.4, -0.2) is 22.2 Å². The second-order valence-corrected chi connectivity index (χ2v) is 4.71. The number of benzene rings is 1. The molecule has 0 bridgehead atoms. The van der Waals surface area contributed by atoms with Gasteiger partial charge in [-0.15, -0.1) is 0 Å². The van der Waals surface area contributed by atoms with Crippen molar-refractivity contribution in [3.05, 3.63) is 33.9 Å². The number of nitro benzene ring substituents is 1. The molecular formula is C12H16N2O3. The SMILES string of the molecule is Cc1ccc(NCC2(O)CCC2)c([N+](=O)[O-])c1. The van der Waals surface area contributed by atoms with Gasteiger partial charge in [-0.3, -0.25) is 10.1 Å². The molecule has 1 aliphatic carbocycles. The lowest BCUT2D eigenvalue weighted by atomic mass is 9.80. The zero-order chi connectivity index (χ0) is 12.5. The fourth-order valence-electron chi connectivity index (χ4n) is 1.96. The Hall–Kier alpha value is -1.62. The van der Waals surface area contributed by atoms with E-state index < -0.39 is 10.5 Å². The number of nitrogens with zero attached hydrogens (tertiary/aromatic N) is 1. The van der Waals surface area contributed by atoms with Crippen molar-refractivity contribution >= 4 is 11.4 Å². The minimum absolute atomic E-state index is 0.0629. The van der Waals surface area contributed by atoms with Crippen LogP contribution in [0.25, 0.3) is 0 Å². The lowest BCUT2D eigenvalue weighted by Crippen LogP contribution is -2.43. The number of nitrogens with one attached hydrogen (secondary N) is 1. The number of hydrogen-bond acceptors (Lipinski definition) is 4. The molecule has 5 nitrogen and oxygen atoms in total. The van der Waals surface area contributed by atoms with Crippen LogP contribution in [-0.2, 0) is 0 Å². The summed E-state index contributed by atoms with van der Waals surface area (Å²) in [5.41, 5.74) is 0.706. The Balaban J connectivity index is 2.12. The number of anilines is 1. The van der Waals surface area contributed by atoms with Crippen molar-refractivity contribution < 1.29 is 10.0 Å². The summed E-state index contributed by atoms with van der Waals surface area (Å²) in [7, 11) is 0. The van der Waals surface area contributed by atoms with E-state index >= 15 is 0 Å². The third kappa shape index (κ3) is 2.55. The quantitative estimate of drug-likeness (QED) is 0.621. The number of hydrogen-bond donors (Lipinski definition) is 2. The first-order valence-corrected chi connectivity index (χ1v) is 5.71. The summed E-state index contributed by atoms with van der Waals surface area (Å²) in [5.74, 6) is 0. The van der Waals surface area contributed by atoms with Crippen LogP contribution < -0.4 is 5.32 Å². The van der Waals surface area contributed by atoms with E-state index in [1.54, 1.807) is 6.07 Å². The second kappa shape index (κ2) is 4.33. The second-order valence-electron chi connectivity index (χ2n) is 4.71. The van der Waals surface area contributed by atoms with Crippen molar-refractivity contribution in [2.45, 2.75) is 31.8 Å². The van der Waals surface area contributed by atoms with E-state index in [9.17, 15) is 15.2 Å². The van der Waals surface area contributed by atoms with Crippen LogP contribution in [0.4, 0.5) is 11.4 Å². The molecule has 0 unspecified atom stereocenters. The van der Waals surface area contributed by atoms with E-state index in [1.807, 2.05) is 13.0 Å². The molecule has 5 heteroatoms. The number of aliphatic hydroxyl groups is 1. The Morgan fingerprint density at radius 3 is 2.76 bits per heavy atom. The third-order valence-corrected chi connectivity index (χ3v) is 3.24. The van der Waals surface area contributed by atoms with Gasteiger partial charge in [-0.25, -0.2) is 0 Å². The topological polar surface area (TPSA) is 75.4 Å². The first-order chi connectivity index (χ1) is 8.00. The lowest BCUT2D eigenvalue weighted by Gasteiger charge is -2.36. The molecule has 1 fully saturated rings. The van der Waals surface area contributed by atoms with E-state index in [0.29, 0.717) is 12.2 Å². The van der Waals surface area contributed by atoms with Crippen molar-refractivity contribution in [3.63, 3.8) is 0 Å². The van der Waals surface area contributed by atoms with Gasteiger partial charge in [-0.05, 0) is 37.8 Å². The minimum atomic E-state index is -0.682. The molecule has 0 amide bonds. The van der Waals surface area contributed by atoms with Crippen LogP contribution in [0.1, 0.15) is 24.8 Å². The molecule has 2 rings (SSSR count). The van der Waals surface area contributed by atoms with Gasteiger partial charge in [0.1, 0.15) is 5.69 Å². The van der Waals surface area contributed by atoms with Gasteiger partial charge >= 0.3 is 0 Å². The van der Waals surface area contributed by atoms with Gasteiger partial charge in [0, 0.05) is 12.6 Å². The summed E-state index contributed by atoms with van der Waals surface area (Å²) in [6, 6.07) is 5.04. The highest BCUT2D eigenvalue weighted by atomic mass is 16.6. The highest BCUT2D eigenvalue weighted by Gasteiger charge is 2.34. The predicted molar refractivity (Wildman–Crippen MR) is 65.1 cm³/mol. The molecular weight excluding hydrogens is 220 g/mol. The van der Waals surface area contributed by atoms with Gasteiger partial charge in [0.15, 0.2) is 0 Å². The number of nitro groups is 1. The van der Waals surface area contributed by atoms with Crippen LogP contribution in [0.5, 0.6) is 0 Å². The van der Waals surface area contributed by atoms with E-state index in [0.717, 1.165) is 24.8 Å². The smallest absolute Gasteiger partial charge is 0.292 e. The van der Waals surface area contributed by atoms with Gasteiger partial charge in [0.2, 0.25) is 0 Å². The Morgan fingerprint density at radius 1 is 1.53 bits per heavy atom. The molecule has 0 saturated heterocycles. The van der Waals surface area contributed by atoms with Crippen LogP contribution in [0.15, 0.2) is 18.2 Å². The van der Waals surface area contributed by atoms with Crippen LogP contribution in [0, 0.1) is 17.0 Å². The van der Waals surface area contributed by atoms with Crippen molar-refractivity contribution in [1.29, 1.82) is 0 Å². The molecule has 2 N–H and O–H groups in total. The van der Waals surface area contributed by atoms with Gasteiger partial charge in [0.05, 0.1) is 10.5 Å². The molecule has 1 aromatic rings. The monoisotopic (exact) mass is 236 g/mol. The van der Waals surface area contributed by atoms with Gasteiger partial charge in [-0.1, -0.05) is 6.07 Å². The lowest BCUT2D eigenvalue weighted by molar-refractivity contribution is -0.384. The maximum atomic E-state index is 10.9. The van der Waals surface area contributed by atoms with Crippen molar-refractivity contribution in [1.82, 2.24) is 0 Å². The Labute approximate surface area is 99.6 Å². The normalized spacial score (nSPS) is 17.3.